The fraction of sp³-hybridized carbons (Fsp3) is 0.526. The monoisotopic (exact) mass is 400 g/mol. The van der Waals surface area contributed by atoms with Crippen LogP contribution in [-0.2, 0) is 22.0 Å². The molecule has 0 bridgehead atoms. The summed E-state index contributed by atoms with van der Waals surface area (Å²) in [5, 5.41) is 8.62. The Morgan fingerprint density at radius 3 is 2.54 bits per heavy atom. The highest BCUT2D eigenvalue weighted by Crippen LogP contribution is 2.27. The molecule has 0 radical (unpaired) electrons. The zero-order valence-corrected chi connectivity index (χ0v) is 16.6. The average Bonchev–Trinajstić information content (AvgIpc) is 2.67. The minimum absolute atomic E-state index is 0.0948. The molecule has 28 heavy (non-hydrogen) atoms. The maximum atomic E-state index is 11.9. The number of rotatable bonds is 3. The number of pyridine rings is 1. The third-order valence-electron chi connectivity index (χ3n) is 5.96. The van der Waals surface area contributed by atoms with E-state index in [9.17, 15) is 8.42 Å². The third kappa shape index (κ3) is 3.44. The second-order valence-electron chi connectivity index (χ2n) is 7.79. The molecule has 3 aliphatic rings. The predicted molar refractivity (Wildman–Crippen MR) is 107 cm³/mol. The van der Waals surface area contributed by atoms with Crippen molar-refractivity contribution in [2.45, 2.75) is 18.2 Å². The summed E-state index contributed by atoms with van der Waals surface area (Å²) in [6, 6.07) is 8.49. The second-order valence-corrected chi connectivity index (χ2v) is 9.97. The van der Waals surface area contributed by atoms with Crippen LogP contribution in [0.2, 0.25) is 0 Å². The van der Waals surface area contributed by atoms with E-state index in [2.05, 4.69) is 35.9 Å². The highest BCUT2D eigenvalue weighted by Gasteiger charge is 2.35. The van der Waals surface area contributed by atoms with Gasteiger partial charge in [-0.1, -0.05) is 6.07 Å². The normalized spacial score (nSPS) is 22.6. The molecule has 0 saturated carbocycles. The lowest BCUT2D eigenvalue weighted by molar-refractivity contribution is 0.156. The first kappa shape index (κ1) is 17.8. The van der Waals surface area contributed by atoms with Gasteiger partial charge >= 0.3 is 0 Å². The van der Waals surface area contributed by atoms with Crippen molar-refractivity contribution in [1.29, 1.82) is 0 Å². The van der Waals surface area contributed by atoms with Crippen molar-refractivity contribution in [1.82, 2.24) is 20.1 Å². The molecule has 148 valence electrons. The van der Waals surface area contributed by atoms with E-state index in [1.807, 2.05) is 24.4 Å². The molecule has 2 fully saturated rings. The molecule has 5 rings (SSSR count). The zero-order valence-electron chi connectivity index (χ0n) is 15.7. The molecule has 3 aliphatic heterocycles. The SMILES string of the molecule is O=S1(=O)CCc2nnc(N3CC(N4CCN(c5ccccn5)CC4)C3)cc2C1. The van der Waals surface area contributed by atoms with Gasteiger partial charge in [-0.05, 0) is 23.8 Å². The molecule has 5 heterocycles. The summed E-state index contributed by atoms with van der Waals surface area (Å²) >= 11 is 0. The number of sulfone groups is 1. The number of anilines is 2. The van der Waals surface area contributed by atoms with Crippen molar-refractivity contribution in [3.8, 4) is 0 Å². The van der Waals surface area contributed by atoms with Crippen LogP contribution in [-0.4, -0.2) is 79.6 Å². The van der Waals surface area contributed by atoms with Crippen LogP contribution in [0.3, 0.4) is 0 Å². The smallest absolute Gasteiger partial charge is 0.154 e. The van der Waals surface area contributed by atoms with Gasteiger partial charge in [0, 0.05) is 57.9 Å². The van der Waals surface area contributed by atoms with Crippen LogP contribution in [0.4, 0.5) is 11.6 Å². The van der Waals surface area contributed by atoms with E-state index >= 15 is 0 Å². The molecule has 2 aromatic rings. The van der Waals surface area contributed by atoms with Gasteiger partial charge in [-0.3, -0.25) is 4.90 Å². The molecule has 0 aromatic carbocycles. The highest BCUT2D eigenvalue weighted by molar-refractivity contribution is 7.90. The predicted octanol–water partition coefficient (Wildman–Crippen LogP) is 0.353. The molecular weight excluding hydrogens is 376 g/mol. The van der Waals surface area contributed by atoms with Gasteiger partial charge in [0.1, 0.15) is 5.82 Å². The van der Waals surface area contributed by atoms with Crippen molar-refractivity contribution < 1.29 is 8.42 Å². The van der Waals surface area contributed by atoms with E-state index in [-0.39, 0.29) is 11.5 Å². The van der Waals surface area contributed by atoms with Crippen LogP contribution in [0.25, 0.3) is 0 Å². The lowest BCUT2D eigenvalue weighted by Gasteiger charge is -2.48. The van der Waals surface area contributed by atoms with Gasteiger partial charge in [-0.25, -0.2) is 13.4 Å². The van der Waals surface area contributed by atoms with Gasteiger partial charge < -0.3 is 9.80 Å². The lowest BCUT2D eigenvalue weighted by atomic mass is 10.1. The fourth-order valence-electron chi connectivity index (χ4n) is 4.23. The van der Waals surface area contributed by atoms with Gasteiger partial charge in [-0.15, -0.1) is 5.10 Å². The van der Waals surface area contributed by atoms with Crippen LogP contribution in [0.1, 0.15) is 11.3 Å². The first-order valence-electron chi connectivity index (χ1n) is 9.78. The summed E-state index contributed by atoms with van der Waals surface area (Å²) in [6.45, 7) is 5.88. The van der Waals surface area contributed by atoms with Crippen molar-refractivity contribution in [2.24, 2.45) is 0 Å². The Kier molecular flexibility index (Phi) is 4.43. The molecule has 0 aliphatic carbocycles. The molecule has 8 nitrogen and oxygen atoms in total. The topological polar surface area (TPSA) is 82.5 Å². The molecule has 0 spiro atoms. The zero-order chi connectivity index (χ0) is 19.1. The summed E-state index contributed by atoms with van der Waals surface area (Å²) in [5.41, 5.74) is 1.66. The summed E-state index contributed by atoms with van der Waals surface area (Å²) in [5.74, 6) is 2.14. The summed E-state index contributed by atoms with van der Waals surface area (Å²) < 4.78 is 23.8. The van der Waals surface area contributed by atoms with Crippen molar-refractivity contribution >= 4 is 21.5 Å². The number of aromatic nitrogens is 3. The Hall–Kier alpha value is -2.26. The van der Waals surface area contributed by atoms with Gasteiger partial charge in [0.25, 0.3) is 0 Å². The molecule has 0 unspecified atom stereocenters. The minimum atomic E-state index is -2.99. The number of fused-ring (bicyclic) bond motifs is 1. The summed E-state index contributed by atoms with van der Waals surface area (Å²) in [4.78, 5) is 11.5. The van der Waals surface area contributed by atoms with Crippen molar-refractivity contribution in [3.05, 3.63) is 41.7 Å². The van der Waals surface area contributed by atoms with Gasteiger partial charge in [0.2, 0.25) is 0 Å². The first-order valence-corrected chi connectivity index (χ1v) is 11.6. The highest BCUT2D eigenvalue weighted by atomic mass is 32.2. The van der Waals surface area contributed by atoms with E-state index in [0.717, 1.165) is 62.2 Å². The van der Waals surface area contributed by atoms with Crippen LogP contribution in [0.5, 0.6) is 0 Å². The van der Waals surface area contributed by atoms with Crippen LogP contribution < -0.4 is 9.80 Å². The molecule has 2 aromatic heterocycles. The van der Waals surface area contributed by atoms with Gasteiger partial charge in [-0.2, -0.15) is 5.10 Å². The van der Waals surface area contributed by atoms with E-state index in [4.69, 9.17) is 0 Å². The van der Waals surface area contributed by atoms with Crippen LogP contribution in [0.15, 0.2) is 30.5 Å². The van der Waals surface area contributed by atoms with E-state index in [1.165, 1.54) is 0 Å². The number of hydrogen-bond acceptors (Lipinski definition) is 8. The van der Waals surface area contributed by atoms with Crippen LogP contribution in [0, 0.1) is 0 Å². The maximum absolute atomic E-state index is 11.9. The number of aryl methyl sites for hydroxylation is 1. The molecule has 0 amide bonds. The largest absolute Gasteiger partial charge is 0.354 e. The standard InChI is InChI=1S/C19H24N6O2S/c26-28(27)10-4-17-15(14-28)11-19(22-21-17)25-12-16(13-25)23-6-8-24(9-7-23)18-3-1-2-5-20-18/h1-3,5,11,16H,4,6-10,12-14H2. The van der Waals surface area contributed by atoms with E-state index in [0.29, 0.717) is 12.5 Å². The first-order chi connectivity index (χ1) is 13.6. The van der Waals surface area contributed by atoms with Crippen molar-refractivity contribution in [2.75, 3.05) is 54.8 Å². The molecule has 9 heteroatoms. The van der Waals surface area contributed by atoms with Crippen LogP contribution >= 0.6 is 0 Å². The van der Waals surface area contributed by atoms with Crippen molar-refractivity contribution in [3.63, 3.8) is 0 Å². The average molecular weight is 401 g/mol. The number of piperazine rings is 1. The molecule has 0 atom stereocenters. The number of nitrogens with zero attached hydrogens (tertiary/aromatic N) is 6. The maximum Gasteiger partial charge on any atom is 0.154 e. The number of hydrogen-bond donors (Lipinski definition) is 0. The molecular formula is C19H24N6O2S. The van der Waals surface area contributed by atoms with E-state index in [1.54, 1.807) is 0 Å². The Balaban J connectivity index is 1.17. The Bertz CT molecular complexity index is 954. The Morgan fingerprint density at radius 2 is 1.79 bits per heavy atom. The van der Waals surface area contributed by atoms with Gasteiger partial charge in [0.05, 0.1) is 17.2 Å². The quantitative estimate of drug-likeness (QED) is 0.730. The lowest BCUT2D eigenvalue weighted by Crippen LogP contribution is -2.63. The van der Waals surface area contributed by atoms with Gasteiger partial charge in [0.15, 0.2) is 15.7 Å². The Labute approximate surface area is 165 Å². The minimum Gasteiger partial charge on any atom is -0.354 e. The third-order valence-corrected chi connectivity index (χ3v) is 7.54. The second kappa shape index (κ2) is 6.97. The van der Waals surface area contributed by atoms with E-state index < -0.39 is 9.84 Å². The molecule has 0 N–H and O–H groups in total. The fourth-order valence-corrected chi connectivity index (χ4v) is 5.60. The Morgan fingerprint density at radius 1 is 0.964 bits per heavy atom. The summed E-state index contributed by atoms with van der Waals surface area (Å²) in [7, 11) is -2.99. The molecule has 2 saturated heterocycles. The summed E-state index contributed by atoms with van der Waals surface area (Å²) in [6.07, 6.45) is 2.32.